The van der Waals surface area contributed by atoms with Crippen molar-refractivity contribution in [2.45, 2.75) is 6.92 Å². The first-order chi connectivity index (χ1) is 4.66. The third-order valence-corrected chi connectivity index (χ3v) is 0.911. The van der Waals surface area contributed by atoms with E-state index in [1.165, 1.54) is 0 Å². The molecule has 0 aliphatic heterocycles. The number of carbonyl (C=O) groups is 1. The Hall–Kier alpha value is -0.760. The average molecular weight is 161 g/mol. The maximum atomic E-state index is 10.4. The van der Waals surface area contributed by atoms with E-state index in [1.54, 1.807) is 13.0 Å². The largest absolute Gasteiger partial charge is 0.458 e. The first-order valence-electron chi connectivity index (χ1n) is 2.78. The normalized spacial score (nSPS) is 10.8. The van der Waals surface area contributed by atoms with Crippen molar-refractivity contribution in [1.29, 1.82) is 0 Å². The molecule has 0 aromatic carbocycles. The summed E-state index contributed by atoms with van der Waals surface area (Å²) in [5.41, 5.74) is 0. The zero-order valence-electron chi connectivity index (χ0n) is 5.76. The second kappa shape index (κ2) is 5.06. The van der Waals surface area contributed by atoms with Crippen molar-refractivity contribution < 1.29 is 9.53 Å². The molecule has 0 aliphatic carbocycles. The summed E-state index contributed by atoms with van der Waals surface area (Å²) in [5, 5.41) is 0.608. The first kappa shape index (κ1) is 9.24. The van der Waals surface area contributed by atoms with Gasteiger partial charge in [-0.1, -0.05) is 18.2 Å². The van der Waals surface area contributed by atoms with Crippen molar-refractivity contribution in [3.05, 3.63) is 23.8 Å². The fourth-order valence-electron chi connectivity index (χ4n) is 0.298. The Morgan fingerprint density at radius 1 is 1.80 bits per heavy atom. The van der Waals surface area contributed by atoms with E-state index in [-0.39, 0.29) is 6.61 Å². The second-order valence-corrected chi connectivity index (χ2v) is 2.22. The molecule has 0 radical (unpaired) electrons. The van der Waals surface area contributed by atoms with E-state index >= 15 is 0 Å². The van der Waals surface area contributed by atoms with Gasteiger partial charge in [-0.2, -0.15) is 0 Å². The van der Waals surface area contributed by atoms with Crippen LogP contribution in [0.2, 0.25) is 0 Å². The molecule has 0 unspecified atom stereocenters. The van der Waals surface area contributed by atoms with Crippen LogP contribution in [0.25, 0.3) is 0 Å². The molecule has 10 heavy (non-hydrogen) atoms. The lowest BCUT2D eigenvalue weighted by molar-refractivity contribution is -0.136. The van der Waals surface area contributed by atoms with E-state index in [1.807, 2.05) is 0 Å². The molecule has 0 aromatic rings. The highest BCUT2D eigenvalue weighted by atomic mass is 35.5. The third-order valence-electron chi connectivity index (χ3n) is 0.757. The zero-order valence-corrected chi connectivity index (χ0v) is 6.52. The molecule has 0 saturated carbocycles. The van der Waals surface area contributed by atoms with E-state index in [4.69, 9.17) is 11.6 Å². The summed E-state index contributed by atoms with van der Waals surface area (Å²) in [6, 6.07) is 0. The van der Waals surface area contributed by atoms with E-state index in [0.717, 1.165) is 6.08 Å². The Labute approximate surface area is 65.1 Å². The number of allylic oxidation sites excluding steroid dienone is 1. The van der Waals surface area contributed by atoms with E-state index in [0.29, 0.717) is 5.03 Å². The van der Waals surface area contributed by atoms with Crippen LogP contribution in [-0.2, 0) is 9.53 Å². The fraction of sp³-hybridized carbons (Fsp3) is 0.286. The number of hydrogen-bond acceptors (Lipinski definition) is 2. The van der Waals surface area contributed by atoms with Crippen molar-refractivity contribution in [1.82, 2.24) is 0 Å². The minimum Gasteiger partial charge on any atom is -0.458 e. The van der Waals surface area contributed by atoms with Gasteiger partial charge in [-0.15, -0.1) is 0 Å². The van der Waals surface area contributed by atoms with Crippen LogP contribution in [-0.4, -0.2) is 12.6 Å². The molecule has 3 heteroatoms. The Bertz CT molecular complexity index is 157. The first-order valence-corrected chi connectivity index (χ1v) is 3.16. The van der Waals surface area contributed by atoms with Crippen molar-refractivity contribution in [2.24, 2.45) is 0 Å². The SMILES string of the molecule is C=CC(=O)OCC=C(C)Cl. The molecule has 0 fully saturated rings. The highest BCUT2D eigenvalue weighted by molar-refractivity contribution is 6.29. The van der Waals surface area contributed by atoms with Crippen LogP contribution in [0.15, 0.2) is 23.8 Å². The number of esters is 1. The second-order valence-electron chi connectivity index (χ2n) is 1.63. The van der Waals surface area contributed by atoms with Gasteiger partial charge in [-0.05, 0) is 13.0 Å². The van der Waals surface area contributed by atoms with Crippen LogP contribution in [0, 0.1) is 0 Å². The minimum atomic E-state index is -0.436. The molecule has 0 spiro atoms. The predicted octanol–water partition coefficient (Wildman–Crippen LogP) is 1.86. The minimum absolute atomic E-state index is 0.209. The Morgan fingerprint density at radius 2 is 2.40 bits per heavy atom. The maximum absolute atomic E-state index is 10.4. The molecule has 0 saturated heterocycles. The smallest absolute Gasteiger partial charge is 0.330 e. The van der Waals surface area contributed by atoms with Gasteiger partial charge < -0.3 is 4.74 Å². The summed E-state index contributed by atoms with van der Waals surface area (Å²) in [6.45, 7) is 5.15. The van der Waals surface area contributed by atoms with Gasteiger partial charge in [0.1, 0.15) is 6.61 Å². The standard InChI is InChI=1S/C7H9ClO2/c1-3-7(9)10-5-4-6(2)8/h3-4H,1,5H2,2H3. The molecule has 0 amide bonds. The summed E-state index contributed by atoms with van der Waals surface area (Å²) in [5.74, 6) is -0.436. The van der Waals surface area contributed by atoms with Crippen LogP contribution in [0.5, 0.6) is 0 Å². The quantitative estimate of drug-likeness (QED) is 0.465. The van der Waals surface area contributed by atoms with Crippen LogP contribution >= 0.6 is 11.6 Å². The summed E-state index contributed by atoms with van der Waals surface area (Å²) in [7, 11) is 0. The Balaban J connectivity index is 3.46. The maximum Gasteiger partial charge on any atom is 0.330 e. The van der Waals surface area contributed by atoms with Gasteiger partial charge in [0.2, 0.25) is 0 Å². The van der Waals surface area contributed by atoms with Gasteiger partial charge in [0, 0.05) is 11.1 Å². The van der Waals surface area contributed by atoms with Crippen LogP contribution < -0.4 is 0 Å². The number of carbonyl (C=O) groups excluding carboxylic acids is 1. The lowest BCUT2D eigenvalue weighted by atomic mass is 10.5. The molecular formula is C7H9ClO2. The molecule has 0 aliphatic rings. The van der Waals surface area contributed by atoms with Crippen molar-refractivity contribution in [2.75, 3.05) is 6.61 Å². The Kier molecular flexibility index (Phi) is 4.67. The molecular weight excluding hydrogens is 152 g/mol. The van der Waals surface area contributed by atoms with Crippen molar-refractivity contribution in [3.8, 4) is 0 Å². The lowest BCUT2D eigenvalue weighted by Gasteiger charge is -1.94. The number of ether oxygens (including phenoxy) is 1. The third kappa shape index (κ3) is 5.38. The summed E-state index contributed by atoms with van der Waals surface area (Å²) >= 11 is 5.45. The number of hydrogen-bond donors (Lipinski definition) is 0. The summed E-state index contributed by atoms with van der Waals surface area (Å²) in [4.78, 5) is 10.4. The molecule has 0 bridgehead atoms. The highest BCUT2D eigenvalue weighted by Gasteiger charge is 1.90. The van der Waals surface area contributed by atoms with Gasteiger partial charge >= 0.3 is 5.97 Å². The van der Waals surface area contributed by atoms with Crippen molar-refractivity contribution in [3.63, 3.8) is 0 Å². The van der Waals surface area contributed by atoms with Gasteiger partial charge in [0.15, 0.2) is 0 Å². The van der Waals surface area contributed by atoms with Crippen LogP contribution in [0.3, 0.4) is 0 Å². The topological polar surface area (TPSA) is 26.3 Å². The monoisotopic (exact) mass is 160 g/mol. The van der Waals surface area contributed by atoms with Crippen LogP contribution in [0.4, 0.5) is 0 Å². The lowest BCUT2D eigenvalue weighted by Crippen LogP contribution is -1.99. The molecule has 0 rings (SSSR count). The molecule has 2 nitrogen and oxygen atoms in total. The van der Waals surface area contributed by atoms with E-state index in [9.17, 15) is 4.79 Å². The fourth-order valence-corrected chi connectivity index (χ4v) is 0.361. The molecule has 0 atom stereocenters. The van der Waals surface area contributed by atoms with Crippen LogP contribution in [0.1, 0.15) is 6.92 Å². The van der Waals surface area contributed by atoms with Gasteiger partial charge in [-0.25, -0.2) is 4.79 Å². The molecule has 0 N–H and O–H groups in total. The summed E-state index contributed by atoms with van der Waals surface area (Å²) in [6.07, 6.45) is 2.71. The Morgan fingerprint density at radius 3 is 2.80 bits per heavy atom. The summed E-state index contributed by atoms with van der Waals surface area (Å²) < 4.78 is 4.58. The van der Waals surface area contributed by atoms with Gasteiger partial charge in [0.05, 0.1) is 0 Å². The molecule has 0 aromatic heterocycles. The molecule has 0 heterocycles. The zero-order chi connectivity index (χ0) is 7.98. The number of halogens is 1. The van der Waals surface area contributed by atoms with Crippen molar-refractivity contribution >= 4 is 17.6 Å². The highest BCUT2D eigenvalue weighted by Crippen LogP contribution is 1.96. The molecule has 56 valence electrons. The van der Waals surface area contributed by atoms with Gasteiger partial charge in [-0.3, -0.25) is 0 Å². The predicted molar refractivity (Wildman–Crippen MR) is 40.8 cm³/mol. The average Bonchev–Trinajstić information content (AvgIpc) is 1.87. The van der Waals surface area contributed by atoms with Gasteiger partial charge in [0.25, 0.3) is 0 Å². The van der Waals surface area contributed by atoms with E-state index in [2.05, 4.69) is 11.3 Å². The van der Waals surface area contributed by atoms with E-state index < -0.39 is 5.97 Å². The number of rotatable bonds is 3.